The monoisotopic (exact) mass is 266 g/mol. The Labute approximate surface area is 103 Å². The number of hydrogen-bond acceptors (Lipinski definition) is 4. The summed E-state index contributed by atoms with van der Waals surface area (Å²) in [5.41, 5.74) is 5.34. The first-order valence-electron chi connectivity index (χ1n) is 5.80. The van der Waals surface area contributed by atoms with Crippen molar-refractivity contribution in [1.29, 1.82) is 0 Å². The van der Waals surface area contributed by atoms with Gasteiger partial charge in [-0.1, -0.05) is 0 Å². The van der Waals surface area contributed by atoms with Crippen molar-refractivity contribution in [2.24, 2.45) is 5.73 Å². The molecule has 4 nitrogen and oxygen atoms in total. The van der Waals surface area contributed by atoms with E-state index in [1.807, 2.05) is 11.8 Å². The third-order valence-electron chi connectivity index (χ3n) is 2.93. The lowest BCUT2D eigenvalue weighted by Gasteiger charge is -2.13. The molecule has 1 saturated carbocycles. The molecule has 0 amide bonds. The summed E-state index contributed by atoms with van der Waals surface area (Å²) in [5.74, 6) is 0.213. The molecule has 2 atom stereocenters. The summed E-state index contributed by atoms with van der Waals surface area (Å²) in [6.07, 6.45) is 6.59. The largest absolute Gasteiger partial charge is 0.330 e. The van der Waals surface area contributed by atoms with E-state index in [-0.39, 0.29) is 11.8 Å². The van der Waals surface area contributed by atoms with Crippen LogP contribution in [0.15, 0.2) is 0 Å². The first kappa shape index (κ1) is 14.3. The normalized spacial score (nSPS) is 26.1. The van der Waals surface area contributed by atoms with Crippen LogP contribution in [0, 0.1) is 0 Å². The Morgan fingerprint density at radius 2 is 2.12 bits per heavy atom. The Hall–Kier alpha value is 0.220. The van der Waals surface area contributed by atoms with Gasteiger partial charge in [-0.2, -0.15) is 11.8 Å². The molecule has 0 aromatic rings. The fourth-order valence-electron chi connectivity index (χ4n) is 2.01. The fourth-order valence-corrected chi connectivity index (χ4v) is 4.23. The summed E-state index contributed by atoms with van der Waals surface area (Å²) in [6.45, 7) is 0.563. The highest BCUT2D eigenvalue weighted by Crippen LogP contribution is 2.28. The van der Waals surface area contributed by atoms with Gasteiger partial charge in [0.1, 0.15) is 0 Å². The smallest absolute Gasteiger partial charge is 0.211 e. The van der Waals surface area contributed by atoms with Gasteiger partial charge in [0, 0.05) is 11.3 Å². The second-order valence-corrected chi connectivity index (χ2v) is 7.31. The molecule has 0 saturated heterocycles. The van der Waals surface area contributed by atoms with Gasteiger partial charge >= 0.3 is 0 Å². The van der Waals surface area contributed by atoms with E-state index in [1.54, 1.807) is 0 Å². The van der Waals surface area contributed by atoms with Gasteiger partial charge in [-0.05, 0) is 44.9 Å². The van der Waals surface area contributed by atoms with Crippen LogP contribution >= 0.6 is 11.8 Å². The summed E-state index contributed by atoms with van der Waals surface area (Å²) < 4.78 is 26.2. The zero-order valence-electron chi connectivity index (χ0n) is 9.81. The molecule has 1 fully saturated rings. The Morgan fingerprint density at radius 3 is 2.69 bits per heavy atom. The lowest BCUT2D eigenvalue weighted by Crippen LogP contribution is -2.35. The summed E-state index contributed by atoms with van der Waals surface area (Å²) in [7, 11) is -3.08. The van der Waals surface area contributed by atoms with E-state index in [4.69, 9.17) is 5.73 Å². The maximum atomic E-state index is 11.7. The first-order valence-corrected chi connectivity index (χ1v) is 8.74. The maximum Gasteiger partial charge on any atom is 0.211 e. The topological polar surface area (TPSA) is 72.2 Å². The predicted octanol–water partition coefficient (Wildman–Crippen LogP) is 0.929. The van der Waals surface area contributed by atoms with Crippen LogP contribution in [0.4, 0.5) is 0 Å². The lowest BCUT2D eigenvalue weighted by atomic mass is 10.3. The summed E-state index contributed by atoms with van der Waals surface area (Å²) in [5, 5.41) is 0.622. The number of nitrogens with one attached hydrogen (secondary N) is 1. The Bertz CT molecular complexity index is 293. The molecular weight excluding hydrogens is 244 g/mol. The van der Waals surface area contributed by atoms with E-state index in [0.29, 0.717) is 18.2 Å². The minimum Gasteiger partial charge on any atom is -0.330 e. The minimum atomic E-state index is -3.08. The highest BCUT2D eigenvalue weighted by atomic mass is 32.2. The summed E-state index contributed by atoms with van der Waals surface area (Å²) in [6, 6.07) is 0.153. The Balaban J connectivity index is 2.30. The molecule has 6 heteroatoms. The number of hydrogen-bond donors (Lipinski definition) is 2. The third-order valence-corrected chi connectivity index (χ3v) is 5.54. The highest BCUT2D eigenvalue weighted by molar-refractivity contribution is 7.99. The standard InChI is InChI=1S/C10H22N2O2S2/c1-15-10-5-4-9(8-10)12-16(13,14)7-3-2-6-11/h9-10,12H,2-8,11H2,1H3. The summed E-state index contributed by atoms with van der Waals surface area (Å²) >= 11 is 1.83. The molecule has 0 bridgehead atoms. The Morgan fingerprint density at radius 1 is 1.38 bits per heavy atom. The number of nitrogens with two attached hydrogens (primary N) is 1. The molecule has 0 heterocycles. The van der Waals surface area contributed by atoms with E-state index in [9.17, 15) is 8.42 Å². The molecule has 2 unspecified atom stereocenters. The second kappa shape index (κ2) is 6.83. The number of rotatable bonds is 7. The quantitative estimate of drug-likeness (QED) is 0.672. The lowest BCUT2D eigenvalue weighted by molar-refractivity contribution is 0.549. The van der Waals surface area contributed by atoms with Crippen molar-refractivity contribution in [3.8, 4) is 0 Å². The number of sulfonamides is 1. The van der Waals surface area contributed by atoms with E-state index in [2.05, 4.69) is 11.0 Å². The van der Waals surface area contributed by atoms with E-state index < -0.39 is 10.0 Å². The Kier molecular flexibility index (Phi) is 6.10. The SMILES string of the molecule is CSC1CCC(NS(=O)(=O)CCCCN)C1. The highest BCUT2D eigenvalue weighted by Gasteiger charge is 2.27. The van der Waals surface area contributed by atoms with Gasteiger partial charge in [-0.3, -0.25) is 0 Å². The van der Waals surface area contributed by atoms with Crippen molar-refractivity contribution in [3.05, 3.63) is 0 Å². The first-order chi connectivity index (χ1) is 7.57. The third kappa shape index (κ3) is 5.03. The minimum absolute atomic E-state index is 0.153. The molecule has 16 heavy (non-hydrogen) atoms. The van der Waals surface area contributed by atoms with Gasteiger partial charge in [-0.25, -0.2) is 13.1 Å². The second-order valence-electron chi connectivity index (χ2n) is 4.30. The molecule has 0 radical (unpaired) electrons. The van der Waals surface area contributed by atoms with Crippen molar-refractivity contribution in [2.45, 2.75) is 43.4 Å². The van der Waals surface area contributed by atoms with E-state index >= 15 is 0 Å². The van der Waals surface area contributed by atoms with Crippen molar-refractivity contribution in [1.82, 2.24) is 4.72 Å². The average Bonchev–Trinajstić information content (AvgIpc) is 2.65. The average molecular weight is 266 g/mol. The van der Waals surface area contributed by atoms with Gasteiger partial charge < -0.3 is 5.73 Å². The molecule has 1 aliphatic carbocycles. The zero-order valence-corrected chi connectivity index (χ0v) is 11.4. The van der Waals surface area contributed by atoms with Crippen molar-refractivity contribution >= 4 is 21.8 Å². The molecule has 3 N–H and O–H groups in total. The van der Waals surface area contributed by atoms with Crippen LogP contribution in [0.1, 0.15) is 32.1 Å². The fraction of sp³-hybridized carbons (Fsp3) is 1.00. The zero-order chi connectivity index (χ0) is 12.0. The van der Waals surface area contributed by atoms with Crippen LogP contribution < -0.4 is 10.5 Å². The van der Waals surface area contributed by atoms with E-state index in [1.165, 1.54) is 0 Å². The van der Waals surface area contributed by atoms with Crippen molar-refractivity contribution in [3.63, 3.8) is 0 Å². The van der Waals surface area contributed by atoms with Crippen LogP contribution in [0.3, 0.4) is 0 Å². The van der Waals surface area contributed by atoms with E-state index in [0.717, 1.165) is 25.7 Å². The van der Waals surface area contributed by atoms with Crippen molar-refractivity contribution < 1.29 is 8.42 Å². The number of unbranched alkanes of at least 4 members (excludes halogenated alkanes) is 1. The van der Waals surface area contributed by atoms with Crippen molar-refractivity contribution in [2.75, 3.05) is 18.6 Å². The van der Waals surface area contributed by atoms with Crippen LogP contribution in [0.5, 0.6) is 0 Å². The van der Waals surface area contributed by atoms with Gasteiger partial charge in [0.25, 0.3) is 0 Å². The predicted molar refractivity (Wildman–Crippen MR) is 70.2 cm³/mol. The molecule has 0 spiro atoms. The van der Waals surface area contributed by atoms with Crippen LogP contribution in [-0.2, 0) is 10.0 Å². The summed E-state index contributed by atoms with van der Waals surface area (Å²) in [4.78, 5) is 0. The molecular formula is C10H22N2O2S2. The molecule has 1 aliphatic rings. The van der Waals surface area contributed by atoms with Gasteiger partial charge in [-0.15, -0.1) is 0 Å². The number of thioether (sulfide) groups is 1. The molecule has 1 rings (SSSR count). The molecule has 0 aromatic carbocycles. The van der Waals surface area contributed by atoms with Crippen LogP contribution in [0.25, 0.3) is 0 Å². The molecule has 0 aromatic heterocycles. The van der Waals surface area contributed by atoms with Gasteiger partial charge in [0.05, 0.1) is 5.75 Å². The van der Waals surface area contributed by atoms with Crippen LogP contribution in [0.2, 0.25) is 0 Å². The van der Waals surface area contributed by atoms with Crippen LogP contribution in [-0.4, -0.2) is 38.3 Å². The van der Waals surface area contributed by atoms with Gasteiger partial charge in [0.2, 0.25) is 10.0 Å². The maximum absolute atomic E-state index is 11.7. The van der Waals surface area contributed by atoms with Gasteiger partial charge in [0.15, 0.2) is 0 Å². The molecule has 96 valence electrons. The molecule has 0 aliphatic heterocycles.